The van der Waals surface area contributed by atoms with Crippen LogP contribution in [0.25, 0.3) is 0 Å². The Labute approximate surface area is 115 Å². The Morgan fingerprint density at radius 1 is 1.35 bits per heavy atom. The molecule has 0 saturated heterocycles. The lowest BCUT2D eigenvalue weighted by Gasteiger charge is -2.15. The quantitative estimate of drug-likeness (QED) is 0.746. The zero-order valence-corrected chi connectivity index (χ0v) is 12.4. The van der Waals surface area contributed by atoms with Crippen LogP contribution in [0.3, 0.4) is 0 Å². The van der Waals surface area contributed by atoms with Gasteiger partial charge in [-0.25, -0.2) is 12.7 Å². The lowest BCUT2D eigenvalue weighted by molar-refractivity contribution is 0.287. The lowest BCUT2D eigenvalue weighted by Crippen LogP contribution is -2.31. The van der Waals surface area contributed by atoms with E-state index in [1.807, 2.05) is 0 Å². The number of hydrogen-bond donors (Lipinski definition) is 0. The van der Waals surface area contributed by atoms with Gasteiger partial charge in [-0.2, -0.15) is 0 Å². The van der Waals surface area contributed by atoms with Crippen molar-refractivity contribution in [2.24, 2.45) is 0 Å². The highest BCUT2D eigenvalue weighted by atomic mass is 79.9. The van der Waals surface area contributed by atoms with Gasteiger partial charge in [-0.05, 0) is 24.3 Å². The van der Waals surface area contributed by atoms with Gasteiger partial charge in [-0.3, -0.25) is 0 Å². The lowest BCUT2D eigenvalue weighted by atomic mass is 10.3. The van der Waals surface area contributed by atoms with E-state index in [-0.39, 0.29) is 4.66 Å². The molecule has 0 spiro atoms. The van der Waals surface area contributed by atoms with Crippen molar-refractivity contribution >= 4 is 37.6 Å². The van der Waals surface area contributed by atoms with Crippen LogP contribution in [0.15, 0.2) is 24.3 Å². The fourth-order valence-corrected chi connectivity index (χ4v) is 2.74. The maximum atomic E-state index is 11.4. The number of benzene rings is 1. The van der Waals surface area contributed by atoms with Crippen LogP contribution in [0.1, 0.15) is 0 Å². The molecular formula is C10H13BrClNO3S. The standard InChI is InChI=1S/C10H13BrClNO3S/c1-13(17(14,15)8-11)6-7-16-10-4-2-9(12)3-5-10/h2-5H,6-8H2,1H3. The van der Waals surface area contributed by atoms with Gasteiger partial charge in [0.15, 0.2) is 0 Å². The summed E-state index contributed by atoms with van der Waals surface area (Å²) in [7, 11) is -1.69. The summed E-state index contributed by atoms with van der Waals surface area (Å²) in [4.78, 5) is 0. The van der Waals surface area contributed by atoms with E-state index in [0.29, 0.717) is 23.9 Å². The van der Waals surface area contributed by atoms with Crippen LogP contribution in [0.2, 0.25) is 5.02 Å². The molecule has 0 heterocycles. The van der Waals surface area contributed by atoms with Crippen molar-refractivity contribution in [1.82, 2.24) is 4.31 Å². The van der Waals surface area contributed by atoms with Gasteiger partial charge >= 0.3 is 0 Å². The first-order valence-electron chi connectivity index (χ1n) is 4.84. The molecule has 96 valence electrons. The first-order chi connectivity index (χ1) is 7.95. The second kappa shape index (κ2) is 6.58. The smallest absolute Gasteiger partial charge is 0.224 e. The summed E-state index contributed by atoms with van der Waals surface area (Å²) >= 11 is 8.66. The van der Waals surface area contributed by atoms with Crippen molar-refractivity contribution in [2.75, 3.05) is 24.9 Å². The Bertz CT molecular complexity index is 449. The van der Waals surface area contributed by atoms with Crippen LogP contribution in [-0.4, -0.2) is 37.6 Å². The maximum Gasteiger partial charge on any atom is 0.224 e. The van der Waals surface area contributed by atoms with E-state index < -0.39 is 10.0 Å². The molecule has 1 rings (SSSR count). The predicted molar refractivity (Wildman–Crippen MR) is 72.3 cm³/mol. The topological polar surface area (TPSA) is 46.6 Å². The second-order valence-corrected chi connectivity index (χ2v) is 7.16. The molecule has 0 saturated carbocycles. The Hall–Kier alpha value is -0.300. The van der Waals surface area contributed by atoms with E-state index in [2.05, 4.69) is 15.9 Å². The van der Waals surface area contributed by atoms with Crippen molar-refractivity contribution in [3.63, 3.8) is 0 Å². The van der Waals surface area contributed by atoms with E-state index in [1.54, 1.807) is 24.3 Å². The minimum atomic E-state index is -3.21. The summed E-state index contributed by atoms with van der Waals surface area (Å²) in [6, 6.07) is 6.91. The van der Waals surface area contributed by atoms with Crippen LogP contribution in [0.4, 0.5) is 0 Å². The fraction of sp³-hybridized carbons (Fsp3) is 0.400. The highest BCUT2D eigenvalue weighted by Gasteiger charge is 2.15. The Morgan fingerprint density at radius 2 is 1.94 bits per heavy atom. The average Bonchev–Trinajstić information content (AvgIpc) is 2.31. The molecule has 0 amide bonds. The molecule has 0 radical (unpaired) electrons. The largest absolute Gasteiger partial charge is 0.492 e. The van der Waals surface area contributed by atoms with Gasteiger partial charge in [0.25, 0.3) is 0 Å². The Kier molecular flexibility index (Phi) is 5.72. The minimum Gasteiger partial charge on any atom is -0.492 e. The SMILES string of the molecule is CN(CCOc1ccc(Cl)cc1)S(=O)(=O)CBr. The molecule has 17 heavy (non-hydrogen) atoms. The molecule has 0 N–H and O–H groups in total. The van der Waals surface area contributed by atoms with E-state index in [1.165, 1.54) is 11.4 Å². The highest BCUT2D eigenvalue weighted by Crippen LogP contribution is 2.15. The van der Waals surface area contributed by atoms with Crippen molar-refractivity contribution in [3.05, 3.63) is 29.3 Å². The molecule has 0 aliphatic carbocycles. The third-order valence-corrected chi connectivity index (χ3v) is 5.50. The summed E-state index contributed by atoms with van der Waals surface area (Å²) < 4.78 is 29.3. The number of ether oxygens (including phenoxy) is 1. The van der Waals surface area contributed by atoms with Gasteiger partial charge in [0.2, 0.25) is 10.0 Å². The molecule has 0 bridgehead atoms. The first kappa shape index (κ1) is 14.8. The van der Waals surface area contributed by atoms with Crippen molar-refractivity contribution in [1.29, 1.82) is 0 Å². The number of rotatable bonds is 6. The van der Waals surface area contributed by atoms with Gasteiger partial charge in [-0.1, -0.05) is 27.5 Å². The van der Waals surface area contributed by atoms with Gasteiger partial charge in [0.05, 0.1) is 0 Å². The zero-order chi connectivity index (χ0) is 12.9. The number of nitrogens with zero attached hydrogens (tertiary/aromatic N) is 1. The number of halogens is 2. The van der Waals surface area contributed by atoms with Crippen LogP contribution in [0.5, 0.6) is 5.75 Å². The molecule has 0 unspecified atom stereocenters. The van der Waals surface area contributed by atoms with Crippen LogP contribution >= 0.6 is 27.5 Å². The van der Waals surface area contributed by atoms with Gasteiger partial charge in [-0.15, -0.1) is 0 Å². The first-order valence-corrected chi connectivity index (χ1v) is 7.95. The Morgan fingerprint density at radius 3 is 2.47 bits per heavy atom. The number of hydrogen-bond acceptors (Lipinski definition) is 3. The number of alkyl halides is 1. The van der Waals surface area contributed by atoms with E-state index >= 15 is 0 Å². The number of sulfonamides is 1. The molecule has 1 aromatic carbocycles. The van der Waals surface area contributed by atoms with Crippen molar-refractivity contribution in [2.45, 2.75) is 0 Å². The monoisotopic (exact) mass is 341 g/mol. The van der Waals surface area contributed by atoms with E-state index in [4.69, 9.17) is 16.3 Å². The summed E-state index contributed by atoms with van der Waals surface area (Å²) in [5, 5.41) is 0.635. The normalized spacial score (nSPS) is 11.8. The predicted octanol–water partition coefficient (Wildman–Crippen LogP) is 2.33. The average molecular weight is 343 g/mol. The molecule has 0 aliphatic heterocycles. The molecule has 0 aromatic heterocycles. The molecular weight excluding hydrogens is 330 g/mol. The van der Waals surface area contributed by atoms with Crippen molar-refractivity contribution < 1.29 is 13.2 Å². The molecule has 4 nitrogen and oxygen atoms in total. The van der Waals surface area contributed by atoms with E-state index in [0.717, 1.165) is 0 Å². The van der Waals surface area contributed by atoms with Gasteiger partial charge in [0.1, 0.15) is 17.0 Å². The zero-order valence-electron chi connectivity index (χ0n) is 9.27. The summed E-state index contributed by atoms with van der Waals surface area (Å²) in [5.74, 6) is 0.666. The maximum absolute atomic E-state index is 11.4. The fourth-order valence-electron chi connectivity index (χ4n) is 1.05. The molecule has 7 heteroatoms. The van der Waals surface area contributed by atoms with Crippen molar-refractivity contribution in [3.8, 4) is 5.75 Å². The molecule has 0 atom stereocenters. The highest BCUT2D eigenvalue weighted by molar-refractivity contribution is 9.10. The number of likely N-dealkylation sites (N-methyl/N-ethyl adjacent to an activating group) is 1. The van der Waals surface area contributed by atoms with Crippen LogP contribution in [-0.2, 0) is 10.0 Å². The summed E-state index contributed by atoms with van der Waals surface area (Å²) in [6.07, 6.45) is 0. The molecule has 0 aliphatic rings. The van der Waals surface area contributed by atoms with Crippen LogP contribution in [0, 0.1) is 0 Å². The van der Waals surface area contributed by atoms with E-state index in [9.17, 15) is 8.42 Å². The third-order valence-electron chi connectivity index (χ3n) is 2.10. The van der Waals surface area contributed by atoms with Gasteiger partial charge < -0.3 is 4.74 Å². The third kappa shape index (κ3) is 4.83. The summed E-state index contributed by atoms with van der Waals surface area (Å²) in [5.41, 5.74) is 0. The molecule has 0 fully saturated rings. The van der Waals surface area contributed by atoms with Gasteiger partial charge in [0, 0.05) is 18.6 Å². The molecule has 1 aromatic rings. The minimum absolute atomic E-state index is 0.0859. The van der Waals surface area contributed by atoms with Crippen LogP contribution < -0.4 is 4.74 Å². The second-order valence-electron chi connectivity index (χ2n) is 3.34. The Balaban J connectivity index is 2.41. The summed E-state index contributed by atoms with van der Waals surface area (Å²) in [6.45, 7) is 0.598.